The van der Waals surface area contributed by atoms with Gasteiger partial charge in [-0.3, -0.25) is 15.0 Å². The minimum Gasteiger partial charge on any atom is -0.454 e. The molecule has 11 heteroatoms. The highest BCUT2D eigenvalue weighted by molar-refractivity contribution is 6.35. The topological polar surface area (TPSA) is 106 Å². The second-order valence-corrected chi connectivity index (χ2v) is 12.2. The third-order valence-electron chi connectivity index (χ3n) is 8.38. The van der Waals surface area contributed by atoms with E-state index in [1.165, 1.54) is 11.6 Å². The highest BCUT2D eigenvalue weighted by Crippen LogP contribution is 2.36. The zero-order chi connectivity index (χ0) is 31.3. The van der Waals surface area contributed by atoms with E-state index in [0.717, 1.165) is 60.7 Å². The Labute approximate surface area is 271 Å². The normalized spacial score (nSPS) is 15.4. The number of nitro groups is 1. The number of piperidine rings is 1. The van der Waals surface area contributed by atoms with Crippen molar-refractivity contribution in [2.75, 3.05) is 31.7 Å². The first-order valence-electron chi connectivity index (χ1n) is 14.8. The van der Waals surface area contributed by atoms with Gasteiger partial charge in [0.05, 0.1) is 4.92 Å². The lowest BCUT2D eigenvalue weighted by Gasteiger charge is -2.36. The van der Waals surface area contributed by atoms with Crippen LogP contribution in [0, 0.1) is 16.0 Å². The summed E-state index contributed by atoms with van der Waals surface area (Å²) in [5.74, 6) is 1.97. The standard InChI is InChI=1S/C34H32Cl2N4O5/c35-27-16-28(36)18-29(17-27)38-34(41)37-19-31(24-7-5-23(6-8-24)26-2-1-3-30(15-26)40(42)43)25-10-12-39(13-11-25)20-22-4-9-32-33(14-22)45-21-44-32/h1-9,14-18,25,31H,10-13,19-21H2,(H2,37,38,41). The van der Waals surface area contributed by atoms with Crippen LogP contribution >= 0.6 is 23.2 Å². The second kappa shape index (κ2) is 13.8. The number of non-ortho nitro benzene ring substituents is 1. The Morgan fingerprint density at radius 1 is 0.911 bits per heavy atom. The fourth-order valence-electron chi connectivity index (χ4n) is 6.09. The molecule has 45 heavy (non-hydrogen) atoms. The minimum absolute atomic E-state index is 0.0539. The van der Waals surface area contributed by atoms with Crippen molar-refractivity contribution in [1.82, 2.24) is 10.2 Å². The van der Waals surface area contributed by atoms with Crippen molar-refractivity contribution < 1.29 is 19.2 Å². The summed E-state index contributed by atoms with van der Waals surface area (Å²) in [5, 5.41) is 18.0. The van der Waals surface area contributed by atoms with Crippen molar-refractivity contribution in [1.29, 1.82) is 0 Å². The van der Waals surface area contributed by atoms with Gasteiger partial charge in [-0.05, 0) is 84.4 Å². The average molecular weight is 648 g/mol. The number of urea groups is 1. The third-order valence-corrected chi connectivity index (χ3v) is 8.81. The molecule has 2 heterocycles. The smallest absolute Gasteiger partial charge is 0.319 e. The van der Waals surface area contributed by atoms with Gasteiger partial charge in [0.25, 0.3) is 5.69 Å². The molecule has 2 aliphatic heterocycles. The van der Waals surface area contributed by atoms with Crippen LogP contribution in [-0.4, -0.2) is 42.3 Å². The SMILES string of the molecule is O=C(NCC(c1ccc(-c2cccc([N+](=O)[O-])c2)cc1)C1CCN(Cc2ccc3c(c2)OCO3)CC1)Nc1cc(Cl)cc(Cl)c1. The number of carbonyl (C=O) groups is 1. The van der Waals surface area contributed by atoms with Gasteiger partial charge in [-0.25, -0.2) is 4.79 Å². The Bertz CT molecular complexity index is 1670. The molecule has 1 unspecified atom stereocenters. The molecule has 4 aromatic carbocycles. The third kappa shape index (κ3) is 7.68. The predicted octanol–water partition coefficient (Wildman–Crippen LogP) is 8.11. The lowest BCUT2D eigenvalue weighted by molar-refractivity contribution is -0.384. The second-order valence-electron chi connectivity index (χ2n) is 11.3. The van der Waals surface area contributed by atoms with Gasteiger partial charge in [0.15, 0.2) is 11.5 Å². The average Bonchev–Trinajstić information content (AvgIpc) is 3.50. The number of amides is 2. The van der Waals surface area contributed by atoms with Gasteiger partial charge in [0.2, 0.25) is 6.79 Å². The van der Waals surface area contributed by atoms with Crippen LogP contribution < -0.4 is 20.1 Å². The van der Waals surface area contributed by atoms with E-state index in [0.29, 0.717) is 28.2 Å². The molecular weight excluding hydrogens is 615 g/mol. The Kier molecular flexibility index (Phi) is 9.39. The Morgan fingerprint density at radius 3 is 2.38 bits per heavy atom. The molecule has 0 saturated carbocycles. The van der Waals surface area contributed by atoms with Crippen LogP contribution in [-0.2, 0) is 6.54 Å². The quantitative estimate of drug-likeness (QED) is 0.140. The van der Waals surface area contributed by atoms with Crippen molar-refractivity contribution in [2.24, 2.45) is 5.92 Å². The number of nitro benzene ring substituents is 1. The molecule has 232 valence electrons. The molecule has 0 radical (unpaired) electrons. The zero-order valence-corrected chi connectivity index (χ0v) is 25.9. The summed E-state index contributed by atoms with van der Waals surface area (Å²) >= 11 is 12.2. The fourth-order valence-corrected chi connectivity index (χ4v) is 6.62. The number of halogens is 2. The molecular formula is C34H32Cl2N4O5. The first-order chi connectivity index (χ1) is 21.8. The van der Waals surface area contributed by atoms with E-state index in [-0.39, 0.29) is 29.4 Å². The summed E-state index contributed by atoms with van der Waals surface area (Å²) in [5.41, 5.74) is 4.53. The zero-order valence-electron chi connectivity index (χ0n) is 24.4. The van der Waals surface area contributed by atoms with E-state index in [9.17, 15) is 14.9 Å². The highest BCUT2D eigenvalue weighted by atomic mass is 35.5. The number of hydrogen-bond acceptors (Lipinski definition) is 6. The van der Waals surface area contributed by atoms with E-state index in [2.05, 4.69) is 39.8 Å². The number of likely N-dealkylation sites (tertiary alicyclic amines) is 1. The lowest BCUT2D eigenvalue weighted by atomic mass is 9.79. The van der Waals surface area contributed by atoms with Crippen molar-refractivity contribution >= 4 is 40.6 Å². The Morgan fingerprint density at radius 2 is 1.64 bits per heavy atom. The predicted molar refractivity (Wildman–Crippen MR) is 175 cm³/mol. The van der Waals surface area contributed by atoms with Gasteiger partial charge < -0.3 is 20.1 Å². The number of nitrogens with zero attached hydrogens (tertiary/aromatic N) is 2. The monoisotopic (exact) mass is 646 g/mol. The van der Waals surface area contributed by atoms with Gasteiger partial charge in [-0.2, -0.15) is 0 Å². The van der Waals surface area contributed by atoms with Crippen molar-refractivity contribution in [3.63, 3.8) is 0 Å². The van der Waals surface area contributed by atoms with Crippen molar-refractivity contribution in [3.8, 4) is 22.6 Å². The molecule has 2 N–H and O–H groups in total. The maximum atomic E-state index is 12.9. The maximum Gasteiger partial charge on any atom is 0.319 e. The molecule has 1 fully saturated rings. The molecule has 1 saturated heterocycles. The van der Waals surface area contributed by atoms with Crippen LogP contribution in [0.1, 0.15) is 29.9 Å². The van der Waals surface area contributed by atoms with Crippen LogP contribution in [0.5, 0.6) is 11.5 Å². The van der Waals surface area contributed by atoms with Crippen LogP contribution in [0.3, 0.4) is 0 Å². The van der Waals surface area contributed by atoms with Crippen LogP contribution in [0.2, 0.25) is 10.0 Å². The van der Waals surface area contributed by atoms with Gasteiger partial charge in [-0.15, -0.1) is 0 Å². The number of hydrogen-bond donors (Lipinski definition) is 2. The van der Waals surface area contributed by atoms with Crippen molar-refractivity contribution in [3.05, 3.63) is 116 Å². The fraction of sp³-hybridized carbons (Fsp3) is 0.265. The molecule has 0 aromatic heterocycles. The number of benzene rings is 4. The molecule has 2 aliphatic rings. The molecule has 1 atom stereocenters. The van der Waals surface area contributed by atoms with Gasteiger partial charge in [-0.1, -0.05) is 65.7 Å². The molecule has 4 aromatic rings. The molecule has 2 amide bonds. The van der Waals surface area contributed by atoms with E-state index in [1.807, 2.05) is 24.3 Å². The number of ether oxygens (including phenoxy) is 2. The van der Waals surface area contributed by atoms with Gasteiger partial charge in [0, 0.05) is 46.9 Å². The summed E-state index contributed by atoms with van der Waals surface area (Å²) in [6, 6.07) is 25.4. The molecule has 0 aliphatic carbocycles. The molecule has 6 rings (SSSR count). The minimum atomic E-state index is -0.388. The Balaban J connectivity index is 1.15. The number of carbonyl (C=O) groups excluding carboxylic acids is 1. The van der Waals surface area contributed by atoms with E-state index >= 15 is 0 Å². The van der Waals surface area contributed by atoms with Crippen LogP contribution in [0.25, 0.3) is 11.1 Å². The van der Waals surface area contributed by atoms with E-state index < -0.39 is 0 Å². The Hall–Kier alpha value is -4.31. The molecule has 9 nitrogen and oxygen atoms in total. The van der Waals surface area contributed by atoms with E-state index in [1.54, 1.807) is 30.3 Å². The van der Waals surface area contributed by atoms with Gasteiger partial charge in [0.1, 0.15) is 0 Å². The summed E-state index contributed by atoms with van der Waals surface area (Å²) < 4.78 is 11.0. The summed E-state index contributed by atoms with van der Waals surface area (Å²) in [6.45, 7) is 3.37. The maximum absolute atomic E-state index is 12.9. The summed E-state index contributed by atoms with van der Waals surface area (Å²) in [4.78, 5) is 26.3. The largest absolute Gasteiger partial charge is 0.454 e. The number of nitrogens with one attached hydrogen (secondary N) is 2. The summed E-state index contributed by atoms with van der Waals surface area (Å²) in [7, 11) is 0. The lowest BCUT2D eigenvalue weighted by Crippen LogP contribution is -2.39. The number of fused-ring (bicyclic) bond motifs is 1. The van der Waals surface area contributed by atoms with Crippen LogP contribution in [0.4, 0.5) is 16.2 Å². The van der Waals surface area contributed by atoms with Gasteiger partial charge >= 0.3 is 6.03 Å². The summed E-state index contributed by atoms with van der Waals surface area (Å²) in [6.07, 6.45) is 1.93. The van der Waals surface area contributed by atoms with Crippen molar-refractivity contribution in [2.45, 2.75) is 25.3 Å². The number of rotatable bonds is 9. The molecule has 0 bridgehead atoms. The van der Waals surface area contributed by atoms with Crippen LogP contribution in [0.15, 0.2) is 84.9 Å². The van der Waals surface area contributed by atoms with E-state index in [4.69, 9.17) is 32.7 Å². The first-order valence-corrected chi connectivity index (χ1v) is 15.5. The molecule has 0 spiro atoms. The number of anilines is 1. The first kappa shape index (κ1) is 30.7. The highest BCUT2D eigenvalue weighted by Gasteiger charge is 2.29.